The Kier molecular flexibility index (Phi) is 3.27. The lowest BCUT2D eigenvalue weighted by atomic mass is 9.61. The lowest BCUT2D eigenvalue weighted by molar-refractivity contribution is -0.140. The Bertz CT molecular complexity index is 775. The van der Waals surface area contributed by atoms with Crippen LogP contribution in [0.3, 0.4) is 0 Å². The number of esters is 2. The van der Waals surface area contributed by atoms with E-state index in [9.17, 15) is 9.59 Å². The van der Waals surface area contributed by atoms with Gasteiger partial charge in [0.05, 0.1) is 25.4 Å². The van der Waals surface area contributed by atoms with Gasteiger partial charge in [-0.1, -0.05) is 48.5 Å². The van der Waals surface area contributed by atoms with Crippen molar-refractivity contribution in [3.8, 4) is 0 Å². The molecule has 0 saturated carbocycles. The number of hydrogen-bond donors (Lipinski definition) is 0. The zero-order chi connectivity index (χ0) is 16.8. The molecule has 0 N–H and O–H groups in total. The topological polar surface area (TPSA) is 52.6 Å². The van der Waals surface area contributed by atoms with Gasteiger partial charge in [-0.05, 0) is 22.3 Å². The van der Waals surface area contributed by atoms with E-state index in [1.54, 1.807) is 0 Å². The molecule has 0 fully saturated rings. The Hall–Kier alpha value is -2.88. The third-order valence-corrected chi connectivity index (χ3v) is 4.91. The Morgan fingerprint density at radius 1 is 0.667 bits per heavy atom. The van der Waals surface area contributed by atoms with Gasteiger partial charge in [-0.3, -0.25) is 0 Å². The van der Waals surface area contributed by atoms with Gasteiger partial charge in [0.15, 0.2) is 0 Å². The molecule has 2 aromatic carbocycles. The quantitative estimate of drug-likeness (QED) is 0.798. The number of hydrogen-bond acceptors (Lipinski definition) is 4. The molecule has 0 aliphatic heterocycles. The molecule has 0 heterocycles. The SMILES string of the molecule is COC(=O)C1=C(C(=O)OC)C2c3ccccc3C1c1ccccc12. The minimum Gasteiger partial charge on any atom is -0.466 e. The second kappa shape index (κ2) is 5.34. The van der Waals surface area contributed by atoms with Crippen molar-refractivity contribution in [3.05, 3.63) is 81.9 Å². The van der Waals surface area contributed by atoms with Crippen molar-refractivity contribution < 1.29 is 19.1 Å². The van der Waals surface area contributed by atoms with Gasteiger partial charge in [-0.15, -0.1) is 0 Å². The van der Waals surface area contributed by atoms with E-state index in [1.165, 1.54) is 14.2 Å². The second-order valence-corrected chi connectivity index (χ2v) is 5.93. The molecule has 0 atom stereocenters. The lowest BCUT2D eigenvalue weighted by Crippen LogP contribution is -2.34. The van der Waals surface area contributed by atoms with E-state index in [2.05, 4.69) is 0 Å². The van der Waals surface area contributed by atoms with Crippen LogP contribution < -0.4 is 0 Å². The van der Waals surface area contributed by atoms with Gasteiger partial charge in [0.25, 0.3) is 0 Å². The van der Waals surface area contributed by atoms with Crippen LogP contribution in [0.25, 0.3) is 0 Å². The van der Waals surface area contributed by atoms with Crippen molar-refractivity contribution in [3.63, 3.8) is 0 Å². The summed E-state index contributed by atoms with van der Waals surface area (Å²) in [6, 6.07) is 15.9. The van der Waals surface area contributed by atoms with E-state index < -0.39 is 11.9 Å². The van der Waals surface area contributed by atoms with Crippen LogP contribution >= 0.6 is 0 Å². The molecule has 120 valence electrons. The van der Waals surface area contributed by atoms with E-state index in [0.717, 1.165) is 22.3 Å². The van der Waals surface area contributed by atoms with Crippen molar-refractivity contribution in [2.45, 2.75) is 11.8 Å². The predicted molar refractivity (Wildman–Crippen MR) is 87.6 cm³/mol. The average Bonchev–Trinajstić information content (AvgIpc) is 2.66. The molecule has 0 unspecified atom stereocenters. The summed E-state index contributed by atoms with van der Waals surface area (Å²) in [5.74, 6) is -1.56. The number of methoxy groups -OCH3 is 2. The molecule has 0 radical (unpaired) electrons. The van der Waals surface area contributed by atoms with Crippen molar-refractivity contribution in [1.82, 2.24) is 0 Å². The summed E-state index contributed by atoms with van der Waals surface area (Å²) >= 11 is 0. The maximum Gasteiger partial charge on any atom is 0.335 e. The van der Waals surface area contributed by atoms with Crippen LogP contribution in [0, 0.1) is 0 Å². The van der Waals surface area contributed by atoms with Crippen molar-refractivity contribution in [1.29, 1.82) is 0 Å². The zero-order valence-corrected chi connectivity index (χ0v) is 13.4. The van der Waals surface area contributed by atoms with E-state index in [-0.39, 0.29) is 11.8 Å². The molecule has 4 heteroatoms. The van der Waals surface area contributed by atoms with Gasteiger partial charge in [0, 0.05) is 11.8 Å². The Labute approximate surface area is 139 Å². The Morgan fingerprint density at radius 2 is 0.958 bits per heavy atom. The fraction of sp³-hybridized carbons (Fsp3) is 0.200. The highest BCUT2D eigenvalue weighted by Gasteiger charge is 2.47. The summed E-state index contributed by atoms with van der Waals surface area (Å²) in [4.78, 5) is 25.0. The lowest BCUT2D eigenvalue weighted by Gasteiger charge is -2.41. The van der Waals surface area contributed by atoms with E-state index in [1.807, 2.05) is 48.5 Å². The first-order valence-electron chi connectivity index (χ1n) is 7.77. The van der Waals surface area contributed by atoms with Gasteiger partial charge >= 0.3 is 11.9 Å². The fourth-order valence-electron chi connectivity index (χ4n) is 4.02. The highest BCUT2D eigenvalue weighted by atomic mass is 16.5. The number of carbonyl (C=O) groups excluding carboxylic acids is 2. The zero-order valence-electron chi connectivity index (χ0n) is 13.4. The largest absolute Gasteiger partial charge is 0.466 e. The van der Waals surface area contributed by atoms with Crippen molar-refractivity contribution in [2.75, 3.05) is 14.2 Å². The molecule has 0 aromatic heterocycles. The normalized spacial score (nSPS) is 20.2. The van der Waals surface area contributed by atoms with Gasteiger partial charge in [-0.2, -0.15) is 0 Å². The minimum absolute atomic E-state index is 0.302. The number of rotatable bonds is 2. The number of carbonyl (C=O) groups is 2. The fourth-order valence-corrected chi connectivity index (χ4v) is 4.02. The molecule has 2 aromatic rings. The molecular formula is C20H16O4. The molecule has 0 saturated heterocycles. The van der Waals surface area contributed by atoms with Crippen LogP contribution in [0.1, 0.15) is 34.1 Å². The van der Waals surface area contributed by atoms with Crippen LogP contribution in [0.4, 0.5) is 0 Å². The summed E-state index contributed by atoms with van der Waals surface area (Å²) in [6.45, 7) is 0. The molecule has 0 spiro atoms. The standard InChI is InChI=1S/C20H16O4/c1-23-19(21)17-15-11-7-3-5-9-13(11)16(18(17)20(22)24-2)14-10-6-4-8-12(14)15/h3-10,15-16H,1-2H3. The first kappa shape index (κ1) is 14.7. The molecule has 0 amide bonds. The maximum atomic E-state index is 12.5. The van der Waals surface area contributed by atoms with E-state index in [0.29, 0.717) is 11.1 Å². The van der Waals surface area contributed by atoms with Crippen LogP contribution in [0.2, 0.25) is 0 Å². The van der Waals surface area contributed by atoms with Crippen molar-refractivity contribution >= 4 is 11.9 Å². The van der Waals surface area contributed by atoms with E-state index in [4.69, 9.17) is 9.47 Å². The van der Waals surface area contributed by atoms with Crippen LogP contribution in [-0.4, -0.2) is 26.2 Å². The molecule has 3 aliphatic rings. The smallest absolute Gasteiger partial charge is 0.335 e. The molecule has 3 aliphatic carbocycles. The van der Waals surface area contributed by atoms with Gasteiger partial charge in [0.1, 0.15) is 0 Å². The maximum absolute atomic E-state index is 12.5. The average molecular weight is 320 g/mol. The first-order chi connectivity index (χ1) is 11.7. The predicted octanol–water partition coefficient (Wildman–Crippen LogP) is 2.92. The third-order valence-electron chi connectivity index (χ3n) is 4.91. The molecule has 4 nitrogen and oxygen atoms in total. The van der Waals surface area contributed by atoms with Crippen LogP contribution in [-0.2, 0) is 19.1 Å². The summed E-state index contributed by atoms with van der Waals surface area (Å²) in [5, 5.41) is 0. The minimum atomic E-state index is -0.477. The summed E-state index contributed by atoms with van der Waals surface area (Å²) in [5.41, 5.74) is 4.99. The molecule has 24 heavy (non-hydrogen) atoms. The summed E-state index contributed by atoms with van der Waals surface area (Å²) < 4.78 is 9.99. The number of ether oxygens (including phenoxy) is 2. The summed E-state index contributed by atoms with van der Waals surface area (Å²) in [7, 11) is 2.68. The van der Waals surface area contributed by atoms with E-state index >= 15 is 0 Å². The van der Waals surface area contributed by atoms with Crippen LogP contribution in [0.15, 0.2) is 59.7 Å². The van der Waals surface area contributed by atoms with Gasteiger partial charge < -0.3 is 9.47 Å². The second-order valence-electron chi connectivity index (χ2n) is 5.93. The molecule has 2 bridgehead atoms. The monoisotopic (exact) mass is 320 g/mol. The summed E-state index contributed by atoms with van der Waals surface area (Å²) in [6.07, 6.45) is 0. The van der Waals surface area contributed by atoms with Gasteiger partial charge in [-0.25, -0.2) is 9.59 Å². The highest BCUT2D eigenvalue weighted by Crippen LogP contribution is 2.55. The highest BCUT2D eigenvalue weighted by molar-refractivity contribution is 6.06. The van der Waals surface area contributed by atoms with Gasteiger partial charge in [0.2, 0.25) is 0 Å². The van der Waals surface area contributed by atoms with Crippen molar-refractivity contribution in [2.24, 2.45) is 0 Å². The van der Waals surface area contributed by atoms with Crippen LogP contribution in [0.5, 0.6) is 0 Å². The molecular weight excluding hydrogens is 304 g/mol. The number of benzene rings is 2. The molecule has 5 rings (SSSR count). The first-order valence-corrected chi connectivity index (χ1v) is 7.77. The Balaban J connectivity index is 2.08. The third kappa shape index (κ3) is 1.80. The Morgan fingerprint density at radius 3 is 1.21 bits per heavy atom.